The van der Waals surface area contributed by atoms with E-state index in [0.717, 1.165) is 7.57 Å². The van der Waals surface area contributed by atoms with Crippen LogP contribution in [0.25, 0.3) is 0 Å². The van der Waals surface area contributed by atoms with E-state index in [2.05, 4.69) is 37.2 Å². The van der Waals surface area contributed by atoms with Crippen LogP contribution in [0.15, 0.2) is 13.6 Å². The molecule has 4 nitrogen and oxygen atoms in total. The SMILES string of the molecule is CC1(C)C(=O)NCCN1CC(=O)c1cc(Br)sc1Br. The van der Waals surface area contributed by atoms with Gasteiger partial charge in [0.05, 0.1) is 19.7 Å². The monoisotopic (exact) mass is 408 g/mol. The summed E-state index contributed by atoms with van der Waals surface area (Å²) in [6, 6.07) is 1.81. The standard InChI is InChI=1S/C12H14Br2N2O2S/c1-12(2)11(18)15-3-4-16(12)6-8(17)7-5-9(13)19-10(7)14/h5H,3-4,6H2,1-2H3,(H,15,18). The van der Waals surface area contributed by atoms with Crippen molar-refractivity contribution in [1.29, 1.82) is 0 Å². The molecule has 19 heavy (non-hydrogen) atoms. The Bertz CT molecular complexity index is 528. The van der Waals surface area contributed by atoms with Gasteiger partial charge in [-0.25, -0.2) is 0 Å². The van der Waals surface area contributed by atoms with Crippen molar-refractivity contribution in [3.8, 4) is 0 Å². The van der Waals surface area contributed by atoms with Crippen molar-refractivity contribution < 1.29 is 9.59 Å². The molecule has 0 unspecified atom stereocenters. The topological polar surface area (TPSA) is 49.4 Å². The van der Waals surface area contributed by atoms with Gasteiger partial charge in [0.1, 0.15) is 0 Å². The molecule has 1 aliphatic rings. The first-order valence-corrected chi connectivity index (χ1v) is 8.24. The molecule has 7 heteroatoms. The van der Waals surface area contributed by atoms with Crippen molar-refractivity contribution in [3.63, 3.8) is 0 Å². The summed E-state index contributed by atoms with van der Waals surface area (Å²) >= 11 is 8.23. The molecule has 0 aliphatic carbocycles. The van der Waals surface area contributed by atoms with Gasteiger partial charge in [-0.1, -0.05) is 0 Å². The molecule has 2 rings (SSSR count). The van der Waals surface area contributed by atoms with Crippen molar-refractivity contribution in [2.24, 2.45) is 0 Å². The Kier molecular flexibility index (Phi) is 4.49. The summed E-state index contributed by atoms with van der Waals surface area (Å²) in [5.74, 6) is -0.00582. The van der Waals surface area contributed by atoms with Crippen molar-refractivity contribution in [2.75, 3.05) is 19.6 Å². The van der Waals surface area contributed by atoms with Gasteiger partial charge in [-0.05, 0) is 51.8 Å². The number of carbonyl (C=O) groups excluding carboxylic acids is 2. The Labute approximate surface area is 132 Å². The van der Waals surface area contributed by atoms with Crippen LogP contribution in [0.4, 0.5) is 0 Å². The number of Topliss-reactive ketones (excluding diaryl/α,β-unsaturated/α-hetero) is 1. The van der Waals surface area contributed by atoms with E-state index in [9.17, 15) is 9.59 Å². The molecule has 1 aliphatic heterocycles. The van der Waals surface area contributed by atoms with Crippen LogP contribution in [0.2, 0.25) is 0 Å². The molecule has 0 spiro atoms. The molecule has 0 bridgehead atoms. The number of amides is 1. The molecule has 0 radical (unpaired) electrons. The van der Waals surface area contributed by atoms with Crippen LogP contribution >= 0.6 is 43.2 Å². The fourth-order valence-electron chi connectivity index (χ4n) is 2.01. The minimum absolute atomic E-state index is 0.0246. The zero-order chi connectivity index (χ0) is 14.2. The van der Waals surface area contributed by atoms with Crippen LogP contribution in [0.1, 0.15) is 24.2 Å². The maximum atomic E-state index is 12.3. The number of thiophene rings is 1. The number of nitrogens with zero attached hydrogens (tertiary/aromatic N) is 1. The van der Waals surface area contributed by atoms with Crippen molar-refractivity contribution in [3.05, 3.63) is 19.2 Å². The van der Waals surface area contributed by atoms with E-state index >= 15 is 0 Å². The van der Waals surface area contributed by atoms with Gasteiger partial charge in [-0.3, -0.25) is 14.5 Å². The van der Waals surface area contributed by atoms with E-state index in [1.54, 1.807) is 0 Å². The second kappa shape index (κ2) is 5.63. The lowest BCUT2D eigenvalue weighted by atomic mass is 9.98. The average molecular weight is 410 g/mol. The Morgan fingerprint density at radius 1 is 1.53 bits per heavy atom. The van der Waals surface area contributed by atoms with E-state index in [0.29, 0.717) is 18.7 Å². The molecule has 1 fully saturated rings. The van der Waals surface area contributed by atoms with Crippen LogP contribution in [0, 0.1) is 0 Å². The highest BCUT2D eigenvalue weighted by molar-refractivity contribution is 9.12. The minimum Gasteiger partial charge on any atom is -0.353 e. The molecule has 104 valence electrons. The predicted molar refractivity (Wildman–Crippen MR) is 82.7 cm³/mol. The van der Waals surface area contributed by atoms with Crippen LogP contribution in [0.3, 0.4) is 0 Å². The van der Waals surface area contributed by atoms with E-state index in [1.165, 1.54) is 11.3 Å². The van der Waals surface area contributed by atoms with Crippen LogP contribution < -0.4 is 5.32 Å². The van der Waals surface area contributed by atoms with Gasteiger partial charge in [0, 0.05) is 18.7 Å². The lowest BCUT2D eigenvalue weighted by Crippen LogP contribution is -2.62. The summed E-state index contributed by atoms with van der Waals surface area (Å²) in [6.07, 6.45) is 0. The Morgan fingerprint density at radius 2 is 2.21 bits per heavy atom. The third kappa shape index (κ3) is 3.09. The molecule has 0 aromatic carbocycles. The summed E-state index contributed by atoms with van der Waals surface area (Å²) in [6.45, 7) is 5.21. The molecule has 1 N–H and O–H groups in total. The fraction of sp³-hybridized carbons (Fsp3) is 0.500. The Morgan fingerprint density at radius 3 is 2.79 bits per heavy atom. The molecule has 1 amide bonds. The molecule has 1 saturated heterocycles. The number of halogens is 2. The molecule has 0 saturated carbocycles. The van der Waals surface area contributed by atoms with E-state index in [1.807, 2.05) is 24.8 Å². The molecule has 0 atom stereocenters. The maximum absolute atomic E-state index is 12.3. The van der Waals surface area contributed by atoms with Gasteiger partial charge in [0.15, 0.2) is 5.78 Å². The summed E-state index contributed by atoms with van der Waals surface area (Å²) in [5, 5.41) is 2.82. The van der Waals surface area contributed by atoms with Crippen molar-refractivity contribution in [1.82, 2.24) is 10.2 Å². The third-order valence-electron chi connectivity index (χ3n) is 3.31. The average Bonchev–Trinajstić information content (AvgIpc) is 2.65. The predicted octanol–water partition coefficient (Wildman–Crippen LogP) is 2.67. The highest BCUT2D eigenvalue weighted by atomic mass is 79.9. The first kappa shape index (κ1) is 15.2. The quantitative estimate of drug-likeness (QED) is 0.780. The number of nitrogens with one attached hydrogen (secondary N) is 1. The van der Waals surface area contributed by atoms with E-state index in [-0.39, 0.29) is 18.2 Å². The number of hydrogen-bond donors (Lipinski definition) is 1. The first-order valence-electron chi connectivity index (χ1n) is 5.83. The summed E-state index contributed by atoms with van der Waals surface area (Å²) in [7, 11) is 0. The van der Waals surface area contributed by atoms with Gasteiger partial charge in [-0.15, -0.1) is 11.3 Å². The number of hydrogen-bond acceptors (Lipinski definition) is 4. The second-order valence-corrected chi connectivity index (χ2v) is 8.65. The normalized spacial score (nSPS) is 19.3. The Hall–Kier alpha value is -0.240. The maximum Gasteiger partial charge on any atom is 0.240 e. The highest BCUT2D eigenvalue weighted by Crippen LogP contribution is 2.32. The van der Waals surface area contributed by atoms with Gasteiger partial charge in [-0.2, -0.15) is 0 Å². The Balaban J connectivity index is 2.14. The van der Waals surface area contributed by atoms with Crippen LogP contribution in [-0.2, 0) is 4.79 Å². The van der Waals surface area contributed by atoms with Crippen molar-refractivity contribution >= 4 is 54.9 Å². The molecule has 1 aromatic heterocycles. The molecule has 1 aromatic rings. The smallest absolute Gasteiger partial charge is 0.240 e. The van der Waals surface area contributed by atoms with E-state index < -0.39 is 5.54 Å². The van der Waals surface area contributed by atoms with Gasteiger partial charge < -0.3 is 5.32 Å². The fourth-order valence-corrected chi connectivity index (χ4v) is 4.87. The van der Waals surface area contributed by atoms with Crippen LogP contribution in [0.5, 0.6) is 0 Å². The molecular formula is C12H14Br2N2O2S. The van der Waals surface area contributed by atoms with Gasteiger partial charge in [0.2, 0.25) is 5.91 Å². The van der Waals surface area contributed by atoms with E-state index in [4.69, 9.17) is 0 Å². The summed E-state index contributed by atoms with van der Waals surface area (Å²) in [5.41, 5.74) is 0.0202. The lowest BCUT2D eigenvalue weighted by Gasteiger charge is -2.40. The number of ketones is 1. The lowest BCUT2D eigenvalue weighted by molar-refractivity contribution is -0.134. The summed E-state index contributed by atoms with van der Waals surface area (Å²) < 4.78 is 1.74. The van der Waals surface area contributed by atoms with Gasteiger partial charge >= 0.3 is 0 Å². The zero-order valence-corrected chi connectivity index (χ0v) is 14.6. The third-order valence-corrected chi connectivity index (χ3v) is 5.64. The van der Waals surface area contributed by atoms with Crippen molar-refractivity contribution in [2.45, 2.75) is 19.4 Å². The molecular weight excluding hydrogens is 396 g/mol. The minimum atomic E-state index is -0.645. The van der Waals surface area contributed by atoms with Gasteiger partial charge in [0.25, 0.3) is 0 Å². The highest BCUT2D eigenvalue weighted by Gasteiger charge is 2.38. The second-order valence-electron chi connectivity index (χ2n) is 4.90. The zero-order valence-electron chi connectivity index (χ0n) is 10.6. The largest absolute Gasteiger partial charge is 0.353 e. The number of carbonyl (C=O) groups is 2. The summed E-state index contributed by atoms with van der Waals surface area (Å²) in [4.78, 5) is 26.1. The van der Waals surface area contributed by atoms with Crippen LogP contribution in [-0.4, -0.2) is 41.8 Å². The first-order chi connectivity index (χ1) is 8.82. The number of rotatable bonds is 3. The molecule has 2 heterocycles. The number of piperazine rings is 1.